The van der Waals surface area contributed by atoms with Gasteiger partial charge in [0.05, 0.1) is 17.1 Å². The molecule has 99 heavy (non-hydrogen) atoms. The quantitative estimate of drug-likeness (QED) is 0.156. The SMILES string of the molecule is Cc1ccc(-c2ccc(-c3cc4c(cc3C)C3(CCCC3)c3nc(C)ccc3-4)[n+](C)c2)cc1.Cc1ccc2c(n1)C1(CCCC1)c1cc(C)c(-c3ccc(-c4ccc(F)cc4)c[n+]3C)cc1-2.[2H]C([2H])([2H])c1ccc(-c2ccc(-c3cc4c(cc3C)C3(CCCC3)c3nc(C)ccc3-4)[n+](C)c2)cc1. The predicted octanol–water partition coefficient (Wildman–Crippen LogP) is 20.8. The van der Waals surface area contributed by atoms with E-state index >= 15 is 0 Å². The van der Waals surface area contributed by atoms with Gasteiger partial charge >= 0.3 is 0 Å². The molecule has 0 atom stereocenters. The minimum absolute atomic E-state index is 0.0763. The van der Waals surface area contributed by atoms with Crippen molar-refractivity contribution in [2.45, 2.75) is 149 Å². The average molecular weight is 1300 g/mol. The summed E-state index contributed by atoms with van der Waals surface area (Å²) in [6.45, 7) is 13.1. The van der Waals surface area contributed by atoms with Crippen molar-refractivity contribution in [2.75, 3.05) is 0 Å². The van der Waals surface area contributed by atoms with Gasteiger partial charge in [0, 0.05) is 106 Å². The van der Waals surface area contributed by atoms with Crippen LogP contribution in [0.25, 0.3) is 101 Å². The summed E-state index contributed by atoms with van der Waals surface area (Å²) < 4.78 is 42.8. The fourth-order valence-electron chi connectivity index (χ4n) is 18.3. The lowest BCUT2D eigenvalue weighted by Crippen LogP contribution is -2.31. The van der Waals surface area contributed by atoms with E-state index < -0.39 is 6.85 Å². The third-order valence-electron chi connectivity index (χ3n) is 23.4. The molecule has 0 amide bonds. The Bertz CT molecular complexity index is 5120. The number of benzene rings is 6. The normalized spacial score (nSPS) is 16.2. The van der Waals surface area contributed by atoms with Crippen molar-refractivity contribution >= 4 is 0 Å². The highest BCUT2D eigenvalue weighted by Crippen LogP contribution is 2.60. The lowest BCUT2D eigenvalue weighted by molar-refractivity contribution is -0.660. The van der Waals surface area contributed by atoms with Gasteiger partial charge in [-0.3, -0.25) is 15.0 Å². The molecule has 6 aromatic carbocycles. The Morgan fingerprint density at radius 2 is 0.596 bits per heavy atom. The second-order valence-corrected chi connectivity index (χ2v) is 29.7. The summed E-state index contributed by atoms with van der Waals surface area (Å²) in [5, 5.41) is 0. The number of aromatic nitrogens is 6. The van der Waals surface area contributed by atoms with Gasteiger partial charge in [0.1, 0.15) is 27.0 Å². The fourth-order valence-corrected chi connectivity index (χ4v) is 18.3. The minimum Gasteiger partial charge on any atom is -0.257 e. The topological polar surface area (TPSA) is 50.3 Å². The summed E-state index contributed by atoms with van der Waals surface area (Å²) in [5.74, 6) is -0.210. The van der Waals surface area contributed by atoms with Crippen LogP contribution in [0, 0.1) is 61.1 Å². The van der Waals surface area contributed by atoms with Gasteiger partial charge in [0.25, 0.3) is 0 Å². The number of hydrogen-bond acceptors (Lipinski definition) is 3. The van der Waals surface area contributed by atoms with Crippen LogP contribution in [0.2, 0.25) is 0 Å². The number of rotatable bonds is 6. The van der Waals surface area contributed by atoms with Gasteiger partial charge in [0.15, 0.2) is 18.6 Å². The first kappa shape index (κ1) is 60.3. The Morgan fingerprint density at radius 1 is 0.313 bits per heavy atom. The Kier molecular flexibility index (Phi) is 15.1. The molecule has 12 aromatic rings. The molecular weight excluding hydrogens is 1210 g/mol. The first-order valence-electron chi connectivity index (χ1n) is 37.4. The molecule has 6 aromatic heterocycles. The van der Waals surface area contributed by atoms with E-state index in [2.05, 4.69) is 235 Å². The zero-order valence-corrected chi connectivity index (χ0v) is 59.1. The first-order valence-corrected chi connectivity index (χ1v) is 35.9. The highest BCUT2D eigenvalue weighted by Gasteiger charge is 2.50. The maximum absolute atomic E-state index is 13.3. The molecule has 6 aliphatic rings. The summed E-state index contributed by atoms with van der Waals surface area (Å²) in [6.07, 6.45) is 21.4. The largest absolute Gasteiger partial charge is 0.257 e. The van der Waals surface area contributed by atoms with Crippen molar-refractivity contribution in [1.29, 1.82) is 0 Å². The van der Waals surface area contributed by atoms with Crippen LogP contribution in [0.3, 0.4) is 0 Å². The number of hydrogen-bond donors (Lipinski definition) is 0. The number of halogens is 1. The Balaban J connectivity index is 0.000000119. The zero-order chi connectivity index (χ0) is 70.7. The smallest absolute Gasteiger partial charge is 0.212 e. The molecule has 0 bridgehead atoms. The molecule has 0 saturated heterocycles. The molecule has 0 unspecified atom stereocenters. The van der Waals surface area contributed by atoms with Crippen molar-refractivity contribution in [3.63, 3.8) is 0 Å². The Labute approximate surface area is 589 Å². The average Bonchev–Trinajstić information content (AvgIpc) is 1.57. The van der Waals surface area contributed by atoms with E-state index in [-0.39, 0.29) is 22.1 Å². The molecule has 0 N–H and O–H groups in total. The second-order valence-electron chi connectivity index (χ2n) is 29.7. The molecular formula is C92H90FN6+3. The van der Waals surface area contributed by atoms with Crippen LogP contribution in [0.5, 0.6) is 0 Å². The lowest BCUT2D eigenvalue weighted by Gasteiger charge is -2.26. The standard InChI is InChI=1S/2C31H31N2.C30H28FN2/c2*1-20-7-10-23(11-8-20)24-12-14-29(33(4)19-24)26-18-27-25-13-9-22(3)32-30(25)31(15-5-6-16-31)28(27)17-21(26)2;1-19-16-27-26(24-12-6-20(2)32-29(24)30(27)14-4-5-15-30)17-25(19)28-13-9-22(18-33(28)3)21-7-10-23(31)11-8-21/h2*7-14,17-19H,5-6,15-16H2,1-4H3;6-13,16-18H,4-5,14-15H2,1-3H3/q3*+1/i1D3;;. The van der Waals surface area contributed by atoms with Gasteiger partial charge in [-0.25, -0.2) is 18.1 Å². The highest BCUT2D eigenvalue weighted by molar-refractivity contribution is 5.88. The maximum Gasteiger partial charge on any atom is 0.212 e. The molecule has 0 radical (unpaired) electrons. The molecule has 3 saturated carbocycles. The summed E-state index contributed by atoms with van der Waals surface area (Å²) in [6, 6.07) is 63.7. The van der Waals surface area contributed by atoms with E-state index in [1.165, 1.54) is 218 Å². The summed E-state index contributed by atoms with van der Waals surface area (Å²) in [4.78, 5) is 15.3. The van der Waals surface area contributed by atoms with E-state index in [4.69, 9.17) is 19.1 Å². The summed E-state index contributed by atoms with van der Waals surface area (Å²) >= 11 is 0. The Morgan fingerprint density at radius 3 is 0.889 bits per heavy atom. The lowest BCUT2D eigenvalue weighted by atomic mass is 9.78. The molecule has 18 rings (SSSR count). The fraction of sp³-hybridized carbons (Fsp3) is 0.283. The third-order valence-corrected chi connectivity index (χ3v) is 23.4. The van der Waals surface area contributed by atoms with Crippen LogP contribution >= 0.6 is 0 Å². The predicted molar refractivity (Wildman–Crippen MR) is 401 cm³/mol. The van der Waals surface area contributed by atoms with Crippen LogP contribution in [0.4, 0.5) is 4.39 Å². The van der Waals surface area contributed by atoms with Gasteiger partial charge in [-0.15, -0.1) is 0 Å². The molecule has 492 valence electrons. The summed E-state index contributed by atoms with van der Waals surface area (Å²) in [7, 11) is 6.34. The van der Waals surface area contributed by atoms with E-state index in [0.717, 1.165) is 45.0 Å². The maximum atomic E-state index is 13.3. The molecule has 6 heterocycles. The van der Waals surface area contributed by atoms with Crippen LogP contribution < -0.4 is 13.7 Å². The van der Waals surface area contributed by atoms with Crippen molar-refractivity contribution in [2.24, 2.45) is 21.1 Å². The van der Waals surface area contributed by atoms with E-state index in [1.54, 1.807) is 12.1 Å². The zero-order valence-electron chi connectivity index (χ0n) is 62.1. The minimum atomic E-state index is -2.08. The van der Waals surface area contributed by atoms with Crippen molar-refractivity contribution in [1.82, 2.24) is 15.0 Å². The second kappa shape index (κ2) is 24.8. The van der Waals surface area contributed by atoms with Crippen molar-refractivity contribution < 1.29 is 22.2 Å². The molecule has 3 fully saturated rings. The van der Waals surface area contributed by atoms with Crippen LogP contribution in [0.1, 0.15) is 160 Å². The van der Waals surface area contributed by atoms with Crippen LogP contribution in [-0.2, 0) is 37.4 Å². The number of pyridine rings is 6. The van der Waals surface area contributed by atoms with Crippen molar-refractivity contribution in [3.05, 3.63) is 285 Å². The third kappa shape index (κ3) is 10.9. The van der Waals surface area contributed by atoms with E-state index in [1.807, 2.05) is 24.3 Å². The van der Waals surface area contributed by atoms with Crippen LogP contribution in [-0.4, -0.2) is 15.0 Å². The van der Waals surface area contributed by atoms with Crippen LogP contribution in [0.15, 0.2) is 201 Å². The number of fused-ring (bicyclic) bond motifs is 15. The highest BCUT2D eigenvalue weighted by atomic mass is 19.1. The molecule has 7 heteroatoms. The number of nitrogens with zero attached hydrogens (tertiary/aromatic N) is 6. The Hall–Kier alpha value is -9.85. The van der Waals surface area contributed by atoms with Gasteiger partial charge in [-0.2, -0.15) is 0 Å². The molecule has 6 nitrogen and oxygen atoms in total. The monoisotopic (exact) mass is 1300 g/mol. The number of aryl methyl sites for hydroxylation is 11. The molecule has 0 aliphatic heterocycles. The molecule has 6 aliphatic carbocycles. The molecule has 3 spiro atoms. The van der Waals surface area contributed by atoms with Gasteiger partial charge in [0.2, 0.25) is 17.1 Å². The van der Waals surface area contributed by atoms with Gasteiger partial charge in [-0.1, -0.05) is 147 Å². The van der Waals surface area contributed by atoms with Gasteiger partial charge in [-0.05, 0) is 227 Å². The van der Waals surface area contributed by atoms with Crippen molar-refractivity contribution in [3.8, 4) is 101 Å². The van der Waals surface area contributed by atoms with E-state index in [9.17, 15) is 4.39 Å². The first-order chi connectivity index (χ1) is 49.1. The van der Waals surface area contributed by atoms with E-state index in [0.29, 0.717) is 5.56 Å². The summed E-state index contributed by atoms with van der Waals surface area (Å²) in [5.41, 5.74) is 39.6. The van der Waals surface area contributed by atoms with Gasteiger partial charge < -0.3 is 0 Å².